The molecule has 1 aromatic carbocycles. The first kappa shape index (κ1) is 10.5. The van der Waals surface area contributed by atoms with Crippen molar-refractivity contribution in [2.75, 3.05) is 0 Å². The molecule has 0 fully saturated rings. The van der Waals surface area contributed by atoms with E-state index in [-0.39, 0.29) is 10.8 Å². The molecule has 0 radical (unpaired) electrons. The van der Waals surface area contributed by atoms with Crippen LogP contribution in [-0.4, -0.2) is 14.8 Å². The van der Waals surface area contributed by atoms with Crippen LogP contribution in [0.2, 0.25) is 0 Å². The standard InChI is InChI=1S/C12H11N3OS/c1-7-12(16)15-9-5-3-4-6-10(9)17-8(2)11(15)14-13-7/h3-6,8H,1-2H3. The first-order chi connectivity index (χ1) is 8.18. The zero-order chi connectivity index (χ0) is 12.0. The van der Waals surface area contributed by atoms with Gasteiger partial charge in [0.25, 0.3) is 5.56 Å². The van der Waals surface area contributed by atoms with Gasteiger partial charge in [-0.3, -0.25) is 9.36 Å². The van der Waals surface area contributed by atoms with Crippen LogP contribution >= 0.6 is 11.8 Å². The molecule has 2 heterocycles. The molecular formula is C12H11N3OS. The Hall–Kier alpha value is -1.62. The van der Waals surface area contributed by atoms with Crippen LogP contribution in [0.25, 0.3) is 5.69 Å². The van der Waals surface area contributed by atoms with Crippen LogP contribution in [-0.2, 0) is 0 Å². The monoisotopic (exact) mass is 245 g/mol. The van der Waals surface area contributed by atoms with E-state index in [1.165, 1.54) is 0 Å². The maximum absolute atomic E-state index is 12.2. The first-order valence-corrected chi connectivity index (χ1v) is 6.29. The Morgan fingerprint density at radius 3 is 2.88 bits per heavy atom. The summed E-state index contributed by atoms with van der Waals surface area (Å²) >= 11 is 1.71. The Morgan fingerprint density at radius 2 is 2.06 bits per heavy atom. The number of para-hydroxylation sites is 1. The number of fused-ring (bicyclic) bond motifs is 3. The Balaban J connectivity index is 2.41. The molecule has 0 spiro atoms. The summed E-state index contributed by atoms with van der Waals surface area (Å²) in [6.45, 7) is 3.73. The molecule has 0 saturated carbocycles. The highest BCUT2D eigenvalue weighted by atomic mass is 32.2. The normalized spacial score (nSPS) is 17.4. The quantitative estimate of drug-likeness (QED) is 0.713. The summed E-state index contributed by atoms with van der Waals surface area (Å²) in [4.78, 5) is 13.3. The number of aromatic nitrogens is 3. The van der Waals surface area contributed by atoms with Gasteiger partial charge in [-0.1, -0.05) is 12.1 Å². The van der Waals surface area contributed by atoms with Crippen molar-refractivity contribution >= 4 is 11.8 Å². The highest BCUT2D eigenvalue weighted by Crippen LogP contribution is 2.41. The molecule has 0 bridgehead atoms. The van der Waals surface area contributed by atoms with Crippen molar-refractivity contribution in [1.82, 2.24) is 14.8 Å². The van der Waals surface area contributed by atoms with Crippen LogP contribution in [0.3, 0.4) is 0 Å². The summed E-state index contributed by atoms with van der Waals surface area (Å²) in [5.74, 6) is 0.726. The van der Waals surface area contributed by atoms with Crippen LogP contribution in [0.5, 0.6) is 0 Å². The molecule has 5 heteroatoms. The van der Waals surface area contributed by atoms with Gasteiger partial charge >= 0.3 is 0 Å². The van der Waals surface area contributed by atoms with Crippen molar-refractivity contribution in [2.24, 2.45) is 0 Å². The van der Waals surface area contributed by atoms with Gasteiger partial charge in [0.05, 0.1) is 10.9 Å². The van der Waals surface area contributed by atoms with Crippen molar-refractivity contribution < 1.29 is 0 Å². The van der Waals surface area contributed by atoms with Gasteiger partial charge in [-0.05, 0) is 26.0 Å². The molecule has 2 aromatic rings. The van der Waals surface area contributed by atoms with Gasteiger partial charge in [0.2, 0.25) is 0 Å². The minimum Gasteiger partial charge on any atom is -0.267 e. The fourth-order valence-electron chi connectivity index (χ4n) is 1.96. The van der Waals surface area contributed by atoms with Crippen molar-refractivity contribution in [3.05, 3.63) is 46.1 Å². The third-order valence-electron chi connectivity index (χ3n) is 2.82. The highest BCUT2D eigenvalue weighted by Gasteiger charge is 2.25. The maximum atomic E-state index is 12.2. The molecule has 1 aliphatic heterocycles. The van der Waals surface area contributed by atoms with Crippen LogP contribution in [0.15, 0.2) is 34.0 Å². The summed E-state index contributed by atoms with van der Waals surface area (Å²) < 4.78 is 1.68. The van der Waals surface area contributed by atoms with Crippen LogP contribution in [0.4, 0.5) is 0 Å². The van der Waals surface area contributed by atoms with Crippen LogP contribution in [0, 0.1) is 6.92 Å². The third kappa shape index (κ3) is 1.50. The van der Waals surface area contributed by atoms with E-state index in [2.05, 4.69) is 10.2 Å². The van der Waals surface area contributed by atoms with E-state index in [9.17, 15) is 4.79 Å². The molecule has 0 amide bonds. The lowest BCUT2D eigenvalue weighted by molar-refractivity contribution is 0.712. The number of hydrogen-bond acceptors (Lipinski definition) is 4. The molecule has 0 saturated heterocycles. The summed E-state index contributed by atoms with van der Waals surface area (Å²) in [5.41, 5.74) is 1.27. The fraction of sp³-hybridized carbons (Fsp3) is 0.250. The van der Waals surface area contributed by atoms with E-state index in [0.29, 0.717) is 5.69 Å². The number of benzene rings is 1. The van der Waals surface area contributed by atoms with Crippen molar-refractivity contribution in [1.29, 1.82) is 0 Å². The Bertz CT molecular complexity index is 650. The fourth-order valence-corrected chi connectivity index (χ4v) is 3.04. The van der Waals surface area contributed by atoms with E-state index >= 15 is 0 Å². The van der Waals surface area contributed by atoms with E-state index in [0.717, 1.165) is 16.4 Å². The lowest BCUT2D eigenvalue weighted by Crippen LogP contribution is -2.29. The van der Waals surface area contributed by atoms with Gasteiger partial charge in [-0.2, -0.15) is 0 Å². The first-order valence-electron chi connectivity index (χ1n) is 5.41. The molecule has 4 nitrogen and oxygen atoms in total. The molecule has 1 atom stereocenters. The number of nitrogens with zero attached hydrogens (tertiary/aromatic N) is 3. The molecule has 1 unspecified atom stereocenters. The molecule has 17 heavy (non-hydrogen) atoms. The van der Waals surface area contributed by atoms with E-state index in [1.807, 2.05) is 31.2 Å². The van der Waals surface area contributed by atoms with Gasteiger partial charge in [-0.25, -0.2) is 0 Å². The molecular weight excluding hydrogens is 234 g/mol. The predicted octanol–water partition coefficient (Wildman–Crippen LogP) is 2.10. The number of hydrogen-bond donors (Lipinski definition) is 0. The van der Waals surface area contributed by atoms with E-state index in [4.69, 9.17) is 0 Å². The van der Waals surface area contributed by atoms with Gasteiger partial charge in [-0.15, -0.1) is 22.0 Å². The van der Waals surface area contributed by atoms with Gasteiger partial charge in [0.15, 0.2) is 5.82 Å². The molecule has 0 aliphatic carbocycles. The molecule has 3 rings (SSSR count). The van der Waals surface area contributed by atoms with E-state index < -0.39 is 0 Å². The summed E-state index contributed by atoms with van der Waals surface area (Å²) in [6.07, 6.45) is 0. The van der Waals surface area contributed by atoms with E-state index in [1.54, 1.807) is 23.3 Å². The van der Waals surface area contributed by atoms with Gasteiger partial charge in [0, 0.05) is 4.90 Å². The second-order valence-corrected chi connectivity index (χ2v) is 5.39. The third-order valence-corrected chi connectivity index (χ3v) is 3.98. The number of thioether (sulfide) groups is 1. The average molecular weight is 245 g/mol. The topological polar surface area (TPSA) is 47.8 Å². The maximum Gasteiger partial charge on any atom is 0.279 e. The lowest BCUT2D eigenvalue weighted by atomic mass is 10.3. The molecule has 1 aromatic heterocycles. The number of aryl methyl sites for hydroxylation is 1. The van der Waals surface area contributed by atoms with Gasteiger partial charge < -0.3 is 0 Å². The van der Waals surface area contributed by atoms with Crippen LogP contribution < -0.4 is 5.56 Å². The Labute approximate surface area is 103 Å². The summed E-state index contributed by atoms with van der Waals surface area (Å²) in [6, 6.07) is 7.89. The second kappa shape index (κ2) is 3.70. The average Bonchev–Trinajstić information content (AvgIpc) is 2.33. The summed E-state index contributed by atoms with van der Waals surface area (Å²) in [7, 11) is 0. The second-order valence-electron chi connectivity index (χ2n) is 4.01. The SMILES string of the molecule is Cc1nnc2n(c1=O)-c1ccccc1SC2C. The smallest absolute Gasteiger partial charge is 0.267 e. The Kier molecular flexibility index (Phi) is 2.29. The van der Waals surface area contributed by atoms with Gasteiger partial charge in [0.1, 0.15) is 5.69 Å². The predicted molar refractivity (Wildman–Crippen MR) is 66.6 cm³/mol. The highest BCUT2D eigenvalue weighted by molar-refractivity contribution is 7.99. The molecule has 1 aliphatic rings. The van der Waals surface area contributed by atoms with Crippen LogP contribution in [0.1, 0.15) is 23.7 Å². The number of rotatable bonds is 0. The zero-order valence-electron chi connectivity index (χ0n) is 9.54. The zero-order valence-corrected chi connectivity index (χ0v) is 10.4. The lowest BCUT2D eigenvalue weighted by Gasteiger charge is -2.24. The van der Waals surface area contributed by atoms with Crippen molar-refractivity contribution in [3.8, 4) is 5.69 Å². The molecule has 86 valence electrons. The van der Waals surface area contributed by atoms with Crippen molar-refractivity contribution in [2.45, 2.75) is 24.0 Å². The minimum atomic E-state index is -0.0744. The summed E-state index contributed by atoms with van der Waals surface area (Å²) in [5, 5.41) is 8.21. The molecule has 0 N–H and O–H groups in total. The Morgan fingerprint density at radius 1 is 1.29 bits per heavy atom. The minimum absolute atomic E-state index is 0.0744. The van der Waals surface area contributed by atoms with Crippen molar-refractivity contribution in [3.63, 3.8) is 0 Å². The largest absolute Gasteiger partial charge is 0.279 e.